The lowest BCUT2D eigenvalue weighted by atomic mass is 9.95. The maximum atomic E-state index is 11.8. The van der Waals surface area contributed by atoms with Gasteiger partial charge in [-0.2, -0.15) is 0 Å². The molecule has 6 heteroatoms. The summed E-state index contributed by atoms with van der Waals surface area (Å²) in [7, 11) is 5.03. The monoisotopic (exact) mass is 326 g/mol. The van der Waals surface area contributed by atoms with Crippen LogP contribution in [0.1, 0.15) is 16.7 Å². The standard InChI is InChI=1S/C18H18N2O4/c1-19-11-13-10-15(24-3)8-9-16(13)18(20(21)22)17(19)12-4-6-14(23-2)7-5-12/h4-10H,11H2,1-3H3. The summed E-state index contributed by atoms with van der Waals surface area (Å²) >= 11 is 0. The summed E-state index contributed by atoms with van der Waals surface area (Å²) in [6, 6.07) is 12.6. The summed E-state index contributed by atoms with van der Waals surface area (Å²) in [6.07, 6.45) is 0. The third kappa shape index (κ3) is 2.67. The summed E-state index contributed by atoms with van der Waals surface area (Å²) in [5, 5.41) is 11.8. The number of methoxy groups -OCH3 is 2. The van der Waals surface area contributed by atoms with Crippen LogP contribution in [0, 0.1) is 10.1 Å². The van der Waals surface area contributed by atoms with Gasteiger partial charge in [0.15, 0.2) is 0 Å². The van der Waals surface area contributed by atoms with E-state index in [1.807, 2.05) is 30.1 Å². The minimum absolute atomic E-state index is 0.103. The molecule has 0 unspecified atom stereocenters. The second-order valence-electron chi connectivity index (χ2n) is 5.56. The van der Waals surface area contributed by atoms with Crippen LogP contribution in [-0.2, 0) is 6.54 Å². The van der Waals surface area contributed by atoms with E-state index in [1.54, 1.807) is 38.5 Å². The van der Waals surface area contributed by atoms with E-state index in [9.17, 15) is 10.1 Å². The first kappa shape index (κ1) is 15.9. The molecule has 3 rings (SSSR count). The molecular weight excluding hydrogens is 308 g/mol. The maximum absolute atomic E-state index is 11.8. The Hall–Kier alpha value is -3.02. The second kappa shape index (κ2) is 6.23. The Labute approximate surface area is 140 Å². The lowest BCUT2D eigenvalue weighted by Gasteiger charge is -2.28. The molecule has 0 saturated carbocycles. The predicted octanol–water partition coefficient (Wildman–Crippen LogP) is 3.25. The Balaban J connectivity index is 2.20. The number of nitrogens with zero attached hydrogens (tertiary/aromatic N) is 2. The second-order valence-corrected chi connectivity index (χ2v) is 5.56. The average Bonchev–Trinajstić information content (AvgIpc) is 2.60. The Morgan fingerprint density at radius 3 is 2.25 bits per heavy atom. The van der Waals surface area contributed by atoms with Gasteiger partial charge in [-0.15, -0.1) is 0 Å². The van der Waals surface area contributed by atoms with Gasteiger partial charge < -0.3 is 14.4 Å². The van der Waals surface area contributed by atoms with Crippen LogP contribution in [0.25, 0.3) is 11.4 Å². The van der Waals surface area contributed by atoms with Gasteiger partial charge in [-0.1, -0.05) is 0 Å². The Bertz CT molecular complexity index is 812. The molecule has 1 aliphatic heterocycles. The van der Waals surface area contributed by atoms with Crippen LogP contribution in [0.15, 0.2) is 42.5 Å². The van der Waals surface area contributed by atoms with Crippen molar-refractivity contribution in [2.24, 2.45) is 0 Å². The van der Waals surface area contributed by atoms with Gasteiger partial charge in [0, 0.05) is 19.2 Å². The Kier molecular flexibility index (Phi) is 4.12. The molecule has 2 aromatic carbocycles. The zero-order valence-electron chi connectivity index (χ0n) is 13.8. The number of benzene rings is 2. The summed E-state index contributed by atoms with van der Waals surface area (Å²) in [4.78, 5) is 13.4. The summed E-state index contributed by atoms with van der Waals surface area (Å²) in [5.74, 6) is 1.41. The van der Waals surface area contributed by atoms with Crippen LogP contribution < -0.4 is 9.47 Å². The van der Waals surface area contributed by atoms with Gasteiger partial charge in [-0.05, 0) is 48.0 Å². The molecule has 0 aromatic heterocycles. The lowest BCUT2D eigenvalue weighted by Crippen LogP contribution is -2.25. The van der Waals surface area contributed by atoms with Crippen molar-refractivity contribution >= 4 is 11.4 Å². The van der Waals surface area contributed by atoms with Gasteiger partial charge in [0.1, 0.15) is 17.2 Å². The third-order valence-electron chi connectivity index (χ3n) is 4.13. The molecule has 124 valence electrons. The summed E-state index contributed by atoms with van der Waals surface area (Å²) in [6.45, 7) is 0.575. The SMILES string of the molecule is COc1ccc(C2=C([N+](=O)[O-])c3ccc(OC)cc3CN2C)cc1. The molecule has 6 nitrogen and oxygen atoms in total. The maximum Gasteiger partial charge on any atom is 0.300 e. The van der Waals surface area contributed by atoms with Crippen LogP contribution in [-0.4, -0.2) is 31.1 Å². The first-order valence-electron chi connectivity index (χ1n) is 7.46. The van der Waals surface area contributed by atoms with Crippen LogP contribution >= 0.6 is 0 Å². The fourth-order valence-electron chi connectivity index (χ4n) is 2.99. The minimum atomic E-state index is -0.319. The summed E-state index contributed by atoms with van der Waals surface area (Å²) < 4.78 is 10.4. The van der Waals surface area contributed by atoms with E-state index < -0.39 is 0 Å². The molecule has 0 bridgehead atoms. The average molecular weight is 326 g/mol. The lowest BCUT2D eigenvalue weighted by molar-refractivity contribution is -0.375. The Morgan fingerprint density at radius 1 is 1.04 bits per heavy atom. The number of hydrogen-bond acceptors (Lipinski definition) is 5. The van der Waals surface area contributed by atoms with E-state index in [0.717, 1.165) is 11.1 Å². The van der Waals surface area contributed by atoms with Gasteiger partial charge in [0.05, 0.1) is 24.7 Å². The zero-order valence-corrected chi connectivity index (χ0v) is 13.8. The fourth-order valence-corrected chi connectivity index (χ4v) is 2.99. The molecule has 0 saturated heterocycles. The number of rotatable bonds is 4. The predicted molar refractivity (Wildman–Crippen MR) is 91.3 cm³/mol. The molecule has 0 N–H and O–H groups in total. The first-order chi connectivity index (χ1) is 11.5. The quantitative estimate of drug-likeness (QED) is 0.637. The minimum Gasteiger partial charge on any atom is -0.497 e. The van der Waals surface area contributed by atoms with Gasteiger partial charge >= 0.3 is 5.70 Å². The van der Waals surface area contributed by atoms with Crippen LogP contribution in [0.2, 0.25) is 0 Å². The molecule has 0 amide bonds. The van der Waals surface area contributed by atoms with Crippen molar-refractivity contribution in [2.75, 3.05) is 21.3 Å². The molecule has 0 spiro atoms. The molecular formula is C18H18N2O4. The van der Waals surface area contributed by atoms with E-state index in [-0.39, 0.29) is 10.6 Å². The largest absolute Gasteiger partial charge is 0.497 e. The van der Waals surface area contributed by atoms with Crippen molar-refractivity contribution in [1.29, 1.82) is 0 Å². The van der Waals surface area contributed by atoms with Gasteiger partial charge in [-0.25, -0.2) is 0 Å². The first-order valence-corrected chi connectivity index (χ1v) is 7.46. The Morgan fingerprint density at radius 2 is 1.67 bits per heavy atom. The third-order valence-corrected chi connectivity index (χ3v) is 4.13. The normalized spacial score (nSPS) is 13.5. The van der Waals surface area contributed by atoms with Crippen molar-refractivity contribution in [3.05, 3.63) is 69.3 Å². The molecule has 2 aromatic rings. The van der Waals surface area contributed by atoms with Crippen molar-refractivity contribution < 1.29 is 14.4 Å². The van der Waals surface area contributed by atoms with Crippen molar-refractivity contribution in [3.63, 3.8) is 0 Å². The molecule has 1 heterocycles. The van der Waals surface area contributed by atoms with Crippen molar-refractivity contribution in [1.82, 2.24) is 4.90 Å². The number of nitro groups is 1. The van der Waals surface area contributed by atoms with E-state index in [0.29, 0.717) is 29.3 Å². The number of fused-ring (bicyclic) bond motifs is 1. The number of hydrogen-bond donors (Lipinski definition) is 0. The zero-order chi connectivity index (χ0) is 17.3. The fraction of sp³-hybridized carbons (Fsp3) is 0.222. The van der Waals surface area contributed by atoms with Crippen LogP contribution in [0.3, 0.4) is 0 Å². The highest BCUT2D eigenvalue weighted by atomic mass is 16.6. The van der Waals surface area contributed by atoms with Gasteiger partial charge in [0.25, 0.3) is 0 Å². The van der Waals surface area contributed by atoms with Crippen molar-refractivity contribution in [2.45, 2.75) is 6.54 Å². The highest BCUT2D eigenvalue weighted by Gasteiger charge is 2.32. The van der Waals surface area contributed by atoms with Crippen molar-refractivity contribution in [3.8, 4) is 11.5 Å². The van der Waals surface area contributed by atoms with E-state index >= 15 is 0 Å². The topological polar surface area (TPSA) is 64.8 Å². The van der Waals surface area contributed by atoms with E-state index in [1.165, 1.54) is 0 Å². The molecule has 24 heavy (non-hydrogen) atoms. The molecule has 0 fully saturated rings. The molecule has 0 radical (unpaired) electrons. The van der Waals surface area contributed by atoms with Gasteiger partial charge in [0.2, 0.25) is 0 Å². The number of ether oxygens (including phenoxy) is 2. The van der Waals surface area contributed by atoms with Crippen LogP contribution in [0.4, 0.5) is 0 Å². The van der Waals surface area contributed by atoms with Crippen LogP contribution in [0.5, 0.6) is 11.5 Å². The molecule has 0 atom stereocenters. The highest BCUT2D eigenvalue weighted by Crippen LogP contribution is 2.38. The molecule has 1 aliphatic rings. The van der Waals surface area contributed by atoms with Gasteiger partial charge in [-0.3, -0.25) is 10.1 Å². The van der Waals surface area contributed by atoms with E-state index in [2.05, 4.69) is 0 Å². The summed E-state index contributed by atoms with van der Waals surface area (Å²) in [5.41, 5.74) is 2.99. The molecule has 0 aliphatic carbocycles. The highest BCUT2D eigenvalue weighted by molar-refractivity contribution is 5.88. The van der Waals surface area contributed by atoms with E-state index in [4.69, 9.17) is 9.47 Å². The smallest absolute Gasteiger partial charge is 0.300 e.